The predicted octanol–water partition coefficient (Wildman–Crippen LogP) is 5.21. The molecule has 0 bridgehead atoms. The first-order valence-corrected chi connectivity index (χ1v) is 9.39. The summed E-state index contributed by atoms with van der Waals surface area (Å²) in [5.74, 6) is 2.31. The van der Waals surface area contributed by atoms with Gasteiger partial charge in [-0.3, -0.25) is 0 Å². The Bertz CT molecular complexity index is 1030. The van der Waals surface area contributed by atoms with Crippen LogP contribution in [0.2, 0.25) is 0 Å². The highest BCUT2D eigenvalue weighted by Gasteiger charge is 2.19. The van der Waals surface area contributed by atoms with Gasteiger partial charge in [-0.1, -0.05) is 44.2 Å². The van der Waals surface area contributed by atoms with Crippen molar-refractivity contribution in [2.75, 3.05) is 7.11 Å². The molecule has 4 rings (SSSR count). The summed E-state index contributed by atoms with van der Waals surface area (Å²) in [6.45, 7) is 5.23. The highest BCUT2D eigenvalue weighted by atomic mass is 16.5. The van der Waals surface area contributed by atoms with Crippen LogP contribution in [-0.4, -0.2) is 17.1 Å². The molecule has 3 aromatic carbocycles. The van der Waals surface area contributed by atoms with E-state index in [1.807, 2.05) is 24.3 Å². The van der Waals surface area contributed by atoms with E-state index in [1.165, 1.54) is 16.3 Å². The second kappa shape index (κ2) is 7.41. The fourth-order valence-electron chi connectivity index (χ4n) is 3.51. The molecule has 0 aliphatic heterocycles. The molecule has 1 unspecified atom stereocenters. The Balaban J connectivity index is 1.55. The third-order valence-corrected chi connectivity index (χ3v) is 5.01. The fraction of sp³-hybridized carbons (Fsp3) is 0.261. The third-order valence-electron chi connectivity index (χ3n) is 5.01. The number of ether oxygens (including phenoxy) is 1. The zero-order valence-electron chi connectivity index (χ0n) is 16.0. The summed E-state index contributed by atoms with van der Waals surface area (Å²) >= 11 is 0. The van der Waals surface area contributed by atoms with E-state index in [2.05, 4.69) is 60.5 Å². The van der Waals surface area contributed by atoms with Gasteiger partial charge in [-0.05, 0) is 52.6 Å². The van der Waals surface area contributed by atoms with Gasteiger partial charge >= 0.3 is 0 Å². The molecule has 0 spiro atoms. The maximum absolute atomic E-state index is 5.31. The van der Waals surface area contributed by atoms with E-state index in [1.54, 1.807) is 7.11 Å². The smallest absolute Gasteiger partial charge is 0.124 e. The Hall–Kier alpha value is -2.85. The quantitative estimate of drug-likeness (QED) is 0.497. The zero-order valence-corrected chi connectivity index (χ0v) is 16.0. The van der Waals surface area contributed by atoms with Gasteiger partial charge < -0.3 is 15.0 Å². The maximum atomic E-state index is 5.31. The number of rotatable bonds is 6. The SMILES string of the molecule is COc1ccc2cc(CNC(c3nc4ccccc4[nH]3)C(C)C)ccc2c1. The van der Waals surface area contributed by atoms with Gasteiger partial charge in [-0.15, -0.1) is 0 Å². The number of hydrogen-bond acceptors (Lipinski definition) is 3. The number of H-pyrrole nitrogens is 1. The van der Waals surface area contributed by atoms with Crippen LogP contribution >= 0.6 is 0 Å². The monoisotopic (exact) mass is 359 g/mol. The van der Waals surface area contributed by atoms with E-state index in [4.69, 9.17) is 9.72 Å². The van der Waals surface area contributed by atoms with Crippen molar-refractivity contribution in [2.45, 2.75) is 26.4 Å². The van der Waals surface area contributed by atoms with Gasteiger partial charge in [0.25, 0.3) is 0 Å². The number of methoxy groups -OCH3 is 1. The van der Waals surface area contributed by atoms with E-state index >= 15 is 0 Å². The standard InChI is InChI=1S/C23H25N3O/c1-15(2)22(23-25-20-6-4-5-7-21(20)26-23)24-14-16-8-9-18-13-19(27-3)11-10-17(18)12-16/h4-13,15,22,24H,14H2,1-3H3,(H,25,26). The van der Waals surface area contributed by atoms with Crippen LogP contribution in [0.3, 0.4) is 0 Å². The van der Waals surface area contributed by atoms with E-state index in [0.29, 0.717) is 5.92 Å². The number of imidazole rings is 1. The van der Waals surface area contributed by atoms with Gasteiger partial charge in [-0.25, -0.2) is 4.98 Å². The predicted molar refractivity (Wildman–Crippen MR) is 111 cm³/mol. The van der Waals surface area contributed by atoms with Crippen molar-refractivity contribution in [2.24, 2.45) is 5.92 Å². The van der Waals surface area contributed by atoms with Crippen LogP contribution in [0.5, 0.6) is 5.75 Å². The minimum absolute atomic E-state index is 0.170. The van der Waals surface area contributed by atoms with Crippen LogP contribution in [0.15, 0.2) is 60.7 Å². The van der Waals surface area contributed by atoms with Crippen molar-refractivity contribution < 1.29 is 4.74 Å². The summed E-state index contributed by atoms with van der Waals surface area (Å²) in [5, 5.41) is 6.09. The number of hydrogen-bond donors (Lipinski definition) is 2. The molecule has 4 aromatic rings. The molecule has 0 saturated heterocycles. The van der Waals surface area contributed by atoms with E-state index in [0.717, 1.165) is 29.2 Å². The topological polar surface area (TPSA) is 49.9 Å². The summed E-state index contributed by atoms with van der Waals surface area (Å²) in [7, 11) is 1.70. The maximum Gasteiger partial charge on any atom is 0.124 e. The average molecular weight is 359 g/mol. The number of nitrogens with one attached hydrogen (secondary N) is 2. The molecule has 138 valence electrons. The summed E-state index contributed by atoms with van der Waals surface area (Å²) < 4.78 is 5.31. The largest absolute Gasteiger partial charge is 0.497 e. The number of para-hydroxylation sites is 2. The first-order chi connectivity index (χ1) is 13.1. The minimum Gasteiger partial charge on any atom is -0.497 e. The Morgan fingerprint density at radius 3 is 2.56 bits per heavy atom. The van der Waals surface area contributed by atoms with E-state index < -0.39 is 0 Å². The van der Waals surface area contributed by atoms with Crippen LogP contribution in [0.25, 0.3) is 21.8 Å². The number of aromatic nitrogens is 2. The average Bonchev–Trinajstić information content (AvgIpc) is 3.11. The molecule has 1 heterocycles. The second-order valence-corrected chi connectivity index (χ2v) is 7.29. The second-order valence-electron chi connectivity index (χ2n) is 7.29. The van der Waals surface area contributed by atoms with E-state index in [9.17, 15) is 0 Å². The Kier molecular flexibility index (Phi) is 4.82. The molecule has 1 atom stereocenters. The molecule has 0 aliphatic carbocycles. The normalized spacial score (nSPS) is 12.7. The highest BCUT2D eigenvalue weighted by Crippen LogP contribution is 2.24. The van der Waals surface area contributed by atoms with Gasteiger partial charge in [0.2, 0.25) is 0 Å². The van der Waals surface area contributed by atoms with E-state index in [-0.39, 0.29) is 6.04 Å². The van der Waals surface area contributed by atoms with Gasteiger partial charge in [0.1, 0.15) is 11.6 Å². The molecule has 0 radical (unpaired) electrons. The van der Waals surface area contributed by atoms with Crippen molar-refractivity contribution in [1.82, 2.24) is 15.3 Å². The van der Waals surface area contributed by atoms with Crippen molar-refractivity contribution >= 4 is 21.8 Å². The van der Waals surface area contributed by atoms with Crippen molar-refractivity contribution in [3.8, 4) is 5.75 Å². The van der Waals surface area contributed by atoms with Crippen LogP contribution in [-0.2, 0) is 6.54 Å². The first kappa shape index (κ1) is 17.6. The van der Waals surface area contributed by atoms with Crippen LogP contribution < -0.4 is 10.1 Å². The summed E-state index contributed by atoms with van der Waals surface area (Å²) in [5.41, 5.74) is 3.36. The first-order valence-electron chi connectivity index (χ1n) is 9.39. The van der Waals surface area contributed by atoms with Gasteiger partial charge in [0.15, 0.2) is 0 Å². The van der Waals surface area contributed by atoms with Crippen LogP contribution in [0.1, 0.15) is 31.3 Å². The molecule has 0 amide bonds. The summed E-state index contributed by atoms with van der Waals surface area (Å²) in [6, 6.07) is 21.1. The number of nitrogens with zero attached hydrogens (tertiary/aromatic N) is 1. The molecule has 2 N–H and O–H groups in total. The van der Waals surface area contributed by atoms with Gasteiger partial charge in [-0.2, -0.15) is 0 Å². The Morgan fingerprint density at radius 2 is 1.78 bits per heavy atom. The van der Waals surface area contributed by atoms with Crippen molar-refractivity contribution in [1.29, 1.82) is 0 Å². The zero-order chi connectivity index (χ0) is 18.8. The fourth-order valence-corrected chi connectivity index (χ4v) is 3.51. The molecule has 0 saturated carbocycles. The molecular weight excluding hydrogens is 334 g/mol. The number of fused-ring (bicyclic) bond motifs is 2. The van der Waals surface area contributed by atoms with Crippen LogP contribution in [0.4, 0.5) is 0 Å². The lowest BCUT2D eigenvalue weighted by Crippen LogP contribution is -2.26. The number of benzene rings is 3. The van der Waals surface area contributed by atoms with Crippen molar-refractivity contribution in [3.05, 3.63) is 72.1 Å². The molecule has 27 heavy (non-hydrogen) atoms. The van der Waals surface area contributed by atoms with Crippen molar-refractivity contribution in [3.63, 3.8) is 0 Å². The third kappa shape index (κ3) is 3.67. The molecular formula is C23H25N3O. The Labute approximate surface area is 159 Å². The lowest BCUT2D eigenvalue weighted by atomic mass is 10.0. The van der Waals surface area contributed by atoms with Gasteiger partial charge in [0, 0.05) is 6.54 Å². The van der Waals surface area contributed by atoms with Crippen LogP contribution in [0, 0.1) is 5.92 Å². The molecule has 1 aromatic heterocycles. The Morgan fingerprint density at radius 1 is 1.00 bits per heavy atom. The molecule has 4 heteroatoms. The van der Waals surface area contributed by atoms with Gasteiger partial charge in [0.05, 0.1) is 24.2 Å². The summed E-state index contributed by atoms with van der Waals surface area (Å²) in [4.78, 5) is 8.25. The molecule has 4 nitrogen and oxygen atoms in total. The lowest BCUT2D eigenvalue weighted by Gasteiger charge is -2.20. The highest BCUT2D eigenvalue weighted by molar-refractivity contribution is 5.84. The summed E-state index contributed by atoms with van der Waals surface area (Å²) in [6.07, 6.45) is 0. The lowest BCUT2D eigenvalue weighted by molar-refractivity contribution is 0.396. The number of aromatic amines is 1. The molecule has 0 fully saturated rings. The minimum atomic E-state index is 0.170. The molecule has 0 aliphatic rings.